The lowest BCUT2D eigenvalue weighted by Gasteiger charge is -2.25. The number of nitrogens with zero attached hydrogens (tertiary/aromatic N) is 1. The predicted octanol–water partition coefficient (Wildman–Crippen LogP) is 3.88. The van der Waals surface area contributed by atoms with Gasteiger partial charge in [0.25, 0.3) is 10.0 Å². The van der Waals surface area contributed by atoms with E-state index < -0.39 is 28.3 Å². The zero-order chi connectivity index (χ0) is 24.9. The van der Waals surface area contributed by atoms with Crippen molar-refractivity contribution in [3.05, 3.63) is 78.1 Å². The van der Waals surface area contributed by atoms with Gasteiger partial charge in [0.1, 0.15) is 12.4 Å². The van der Waals surface area contributed by atoms with E-state index in [0.29, 0.717) is 21.3 Å². The van der Waals surface area contributed by atoms with E-state index >= 15 is 0 Å². The van der Waals surface area contributed by atoms with Gasteiger partial charge in [-0.05, 0) is 43.3 Å². The maximum absolute atomic E-state index is 14.6. The number of anilines is 2. The molecule has 0 aliphatic rings. The fraction of sp³-hybridized carbons (Fsp3) is 0.167. The average molecular weight is 487 g/mol. The summed E-state index contributed by atoms with van der Waals surface area (Å²) in [5, 5.41) is 2.56. The zero-order valence-electron chi connectivity index (χ0n) is 18.7. The Morgan fingerprint density at radius 1 is 0.941 bits per heavy atom. The Morgan fingerprint density at radius 2 is 1.65 bits per heavy atom. The van der Waals surface area contributed by atoms with Gasteiger partial charge in [-0.3, -0.25) is 13.9 Å². The molecule has 34 heavy (non-hydrogen) atoms. The summed E-state index contributed by atoms with van der Waals surface area (Å²) >= 11 is 0. The van der Waals surface area contributed by atoms with Crippen molar-refractivity contribution in [2.24, 2.45) is 0 Å². The number of carbonyl (C=O) groups is 2. The third-order valence-corrected chi connectivity index (χ3v) is 6.66. The van der Waals surface area contributed by atoms with Crippen LogP contribution in [0.15, 0.2) is 71.6 Å². The van der Waals surface area contributed by atoms with Gasteiger partial charge in [-0.1, -0.05) is 24.3 Å². The smallest absolute Gasteiger partial charge is 0.265 e. The van der Waals surface area contributed by atoms with Crippen LogP contribution in [0, 0.1) is 5.82 Å². The highest BCUT2D eigenvalue weighted by molar-refractivity contribution is 7.92. The largest absolute Gasteiger partial charge is 0.493 e. The fourth-order valence-electron chi connectivity index (χ4n) is 3.20. The lowest BCUT2D eigenvalue weighted by Crippen LogP contribution is -2.38. The molecule has 178 valence electrons. The van der Waals surface area contributed by atoms with Crippen molar-refractivity contribution in [1.29, 1.82) is 0 Å². The van der Waals surface area contributed by atoms with Gasteiger partial charge in [0.05, 0.1) is 24.8 Å². The third-order valence-electron chi connectivity index (χ3n) is 4.90. The maximum Gasteiger partial charge on any atom is 0.265 e. The number of para-hydroxylation sites is 1. The molecule has 0 spiro atoms. The second-order valence-electron chi connectivity index (χ2n) is 7.17. The summed E-state index contributed by atoms with van der Waals surface area (Å²) in [5.41, 5.74) is 0.376. The average Bonchev–Trinajstić information content (AvgIpc) is 2.82. The molecule has 8 nitrogen and oxygen atoms in total. The van der Waals surface area contributed by atoms with E-state index in [1.807, 2.05) is 0 Å². The van der Waals surface area contributed by atoms with Crippen molar-refractivity contribution in [3.63, 3.8) is 0 Å². The van der Waals surface area contributed by atoms with Crippen molar-refractivity contribution in [2.75, 3.05) is 30.4 Å². The van der Waals surface area contributed by atoms with Crippen LogP contribution in [0.5, 0.6) is 11.5 Å². The number of halogens is 1. The normalized spacial score (nSPS) is 10.9. The van der Waals surface area contributed by atoms with Gasteiger partial charge in [-0.2, -0.15) is 0 Å². The Balaban J connectivity index is 1.99. The highest BCUT2D eigenvalue weighted by Crippen LogP contribution is 2.33. The molecule has 3 aromatic rings. The Hall–Kier alpha value is -3.92. The van der Waals surface area contributed by atoms with Crippen LogP contribution in [-0.4, -0.2) is 40.9 Å². The lowest BCUT2D eigenvalue weighted by atomic mass is 10.1. The first-order chi connectivity index (χ1) is 16.2. The van der Waals surface area contributed by atoms with E-state index in [1.165, 1.54) is 63.6 Å². The van der Waals surface area contributed by atoms with Gasteiger partial charge in [-0.25, -0.2) is 12.8 Å². The van der Waals surface area contributed by atoms with E-state index in [2.05, 4.69) is 5.32 Å². The molecule has 0 aromatic heterocycles. The number of ether oxygens (including phenoxy) is 2. The molecule has 0 aliphatic heterocycles. The first kappa shape index (κ1) is 24.7. The molecule has 0 radical (unpaired) electrons. The minimum atomic E-state index is -4.40. The number of methoxy groups -OCH3 is 2. The maximum atomic E-state index is 14.6. The molecule has 0 atom stereocenters. The summed E-state index contributed by atoms with van der Waals surface area (Å²) in [6.45, 7) is 0.665. The molecule has 0 heterocycles. The number of carbonyl (C=O) groups excluding carboxylic acids is 2. The second kappa shape index (κ2) is 10.3. The SMILES string of the molecule is COc1ccc(S(=O)(=O)N(CC(=O)Nc2cccc(C(C)=O)c2)c2ccccc2F)cc1OC. The van der Waals surface area contributed by atoms with E-state index in [4.69, 9.17) is 9.47 Å². The number of rotatable bonds is 9. The first-order valence-electron chi connectivity index (χ1n) is 10.1. The molecule has 0 bridgehead atoms. The van der Waals surface area contributed by atoms with Crippen LogP contribution in [-0.2, 0) is 14.8 Å². The number of ketones is 1. The standard InChI is InChI=1S/C24H23FN2O6S/c1-16(28)17-7-6-8-18(13-17)26-24(29)15-27(21-10-5-4-9-20(21)25)34(30,31)19-11-12-22(32-2)23(14-19)33-3/h4-14H,15H2,1-3H3,(H,26,29). The number of benzene rings is 3. The molecule has 0 aliphatic carbocycles. The van der Waals surface area contributed by atoms with Gasteiger partial charge in [0.15, 0.2) is 17.3 Å². The molecular formula is C24H23FN2O6S. The molecule has 1 N–H and O–H groups in total. The van der Waals surface area contributed by atoms with Crippen molar-refractivity contribution in [1.82, 2.24) is 0 Å². The summed E-state index contributed by atoms with van der Waals surface area (Å²) in [7, 11) is -1.64. The van der Waals surface area contributed by atoms with E-state index in [1.54, 1.807) is 18.2 Å². The second-order valence-corrected chi connectivity index (χ2v) is 9.03. The summed E-state index contributed by atoms with van der Waals surface area (Å²) in [5.74, 6) is -1.28. The predicted molar refractivity (Wildman–Crippen MR) is 126 cm³/mol. The third kappa shape index (κ3) is 5.34. The van der Waals surface area contributed by atoms with Crippen LogP contribution in [0.4, 0.5) is 15.8 Å². The first-order valence-corrected chi connectivity index (χ1v) is 11.5. The Bertz CT molecular complexity index is 1330. The van der Waals surface area contributed by atoms with Gasteiger partial charge < -0.3 is 14.8 Å². The molecule has 0 saturated heterocycles. The van der Waals surface area contributed by atoms with E-state index in [9.17, 15) is 22.4 Å². The Morgan fingerprint density at radius 3 is 2.29 bits per heavy atom. The van der Waals surface area contributed by atoms with Crippen LogP contribution in [0.3, 0.4) is 0 Å². The molecule has 0 saturated carbocycles. The zero-order valence-corrected chi connectivity index (χ0v) is 19.6. The van der Waals surface area contributed by atoms with Crippen LogP contribution in [0.25, 0.3) is 0 Å². The Labute approximate surface area is 197 Å². The van der Waals surface area contributed by atoms with Crippen molar-refractivity contribution >= 4 is 33.1 Å². The van der Waals surface area contributed by atoms with Crippen molar-refractivity contribution < 1.29 is 31.9 Å². The minimum Gasteiger partial charge on any atom is -0.493 e. The van der Waals surface area contributed by atoms with Gasteiger partial charge in [0.2, 0.25) is 5.91 Å². The lowest BCUT2D eigenvalue weighted by molar-refractivity contribution is -0.114. The number of amides is 1. The number of sulfonamides is 1. The van der Waals surface area contributed by atoms with Crippen LogP contribution < -0.4 is 19.1 Å². The molecule has 1 amide bonds. The molecule has 0 unspecified atom stereocenters. The van der Waals surface area contributed by atoms with Gasteiger partial charge >= 0.3 is 0 Å². The van der Waals surface area contributed by atoms with Crippen LogP contribution >= 0.6 is 0 Å². The molecule has 0 fully saturated rings. The van der Waals surface area contributed by atoms with Crippen LogP contribution in [0.1, 0.15) is 17.3 Å². The van der Waals surface area contributed by atoms with Crippen LogP contribution in [0.2, 0.25) is 0 Å². The summed E-state index contributed by atoms with van der Waals surface area (Å²) in [6.07, 6.45) is 0. The molecule has 3 aromatic carbocycles. The molecule has 3 rings (SSSR count). The van der Waals surface area contributed by atoms with E-state index in [0.717, 1.165) is 6.07 Å². The van der Waals surface area contributed by atoms with Crippen molar-refractivity contribution in [3.8, 4) is 11.5 Å². The monoisotopic (exact) mass is 486 g/mol. The number of Topliss-reactive ketones (excluding diaryl/α,β-unsaturated/α-hetero) is 1. The Kier molecular flexibility index (Phi) is 7.52. The highest BCUT2D eigenvalue weighted by atomic mass is 32.2. The number of hydrogen-bond acceptors (Lipinski definition) is 6. The summed E-state index contributed by atoms with van der Waals surface area (Å²) < 4.78 is 52.7. The highest BCUT2D eigenvalue weighted by Gasteiger charge is 2.30. The topological polar surface area (TPSA) is 102 Å². The van der Waals surface area contributed by atoms with E-state index in [-0.39, 0.29) is 22.1 Å². The number of nitrogens with one attached hydrogen (secondary N) is 1. The molecule has 10 heteroatoms. The number of hydrogen-bond donors (Lipinski definition) is 1. The van der Waals surface area contributed by atoms with Crippen molar-refractivity contribution in [2.45, 2.75) is 11.8 Å². The van der Waals surface area contributed by atoms with Gasteiger partial charge in [-0.15, -0.1) is 0 Å². The quantitative estimate of drug-likeness (QED) is 0.461. The summed E-state index contributed by atoms with van der Waals surface area (Å²) in [4.78, 5) is 24.2. The minimum absolute atomic E-state index is 0.155. The fourth-order valence-corrected chi connectivity index (χ4v) is 4.65. The van der Waals surface area contributed by atoms with Gasteiger partial charge in [0, 0.05) is 17.3 Å². The molecular weight excluding hydrogens is 463 g/mol. The summed E-state index contributed by atoms with van der Waals surface area (Å²) in [6, 6.07) is 15.3.